The van der Waals surface area contributed by atoms with Crippen molar-refractivity contribution in [3.8, 4) is 10.4 Å². The lowest BCUT2D eigenvalue weighted by atomic mass is 10.1. The maximum absolute atomic E-state index is 8.92. The van der Waals surface area contributed by atoms with Crippen LogP contribution in [0.4, 0.5) is 0 Å². The highest BCUT2D eigenvalue weighted by Gasteiger charge is 2.04. The largest absolute Gasteiger partial charge is 0.394 e. The van der Waals surface area contributed by atoms with Crippen LogP contribution in [0.1, 0.15) is 11.6 Å². The van der Waals surface area contributed by atoms with Gasteiger partial charge in [0.15, 0.2) is 0 Å². The Bertz CT molecular complexity index is 408. The van der Waals surface area contributed by atoms with Gasteiger partial charge in [-0.1, -0.05) is 30.3 Å². The summed E-state index contributed by atoms with van der Waals surface area (Å²) >= 11 is 1.72. The van der Waals surface area contributed by atoms with Crippen LogP contribution < -0.4 is 5.73 Å². The summed E-state index contributed by atoms with van der Waals surface area (Å²) in [5.41, 5.74) is 7.88. The maximum Gasteiger partial charge on any atom is 0.0624 e. The predicted molar refractivity (Wildman–Crippen MR) is 63.8 cm³/mol. The molecule has 0 unspecified atom stereocenters. The third kappa shape index (κ3) is 2.26. The molecule has 0 fully saturated rings. The fourth-order valence-corrected chi connectivity index (χ4v) is 2.18. The lowest BCUT2D eigenvalue weighted by Crippen LogP contribution is -2.14. The number of benzene rings is 1. The fraction of sp³-hybridized carbons (Fsp3) is 0.167. The Hall–Kier alpha value is -1.16. The molecule has 3 N–H and O–H groups in total. The summed E-state index contributed by atoms with van der Waals surface area (Å²) in [6.07, 6.45) is 0. The van der Waals surface area contributed by atoms with Gasteiger partial charge in [0, 0.05) is 4.88 Å². The Morgan fingerprint density at radius 3 is 2.47 bits per heavy atom. The van der Waals surface area contributed by atoms with Gasteiger partial charge in [0.05, 0.1) is 12.6 Å². The number of rotatable bonds is 3. The van der Waals surface area contributed by atoms with E-state index in [2.05, 4.69) is 11.4 Å². The van der Waals surface area contributed by atoms with Crippen molar-refractivity contribution in [2.75, 3.05) is 6.61 Å². The van der Waals surface area contributed by atoms with Crippen LogP contribution in [0.2, 0.25) is 0 Å². The first-order valence-electron chi connectivity index (χ1n) is 4.81. The highest BCUT2D eigenvalue weighted by molar-refractivity contribution is 7.13. The summed E-state index contributed by atoms with van der Waals surface area (Å²) < 4.78 is 0. The minimum Gasteiger partial charge on any atom is -0.394 e. The Balaban J connectivity index is 2.25. The first kappa shape index (κ1) is 10.4. The zero-order chi connectivity index (χ0) is 10.7. The van der Waals surface area contributed by atoms with Gasteiger partial charge < -0.3 is 10.8 Å². The first-order valence-corrected chi connectivity index (χ1v) is 5.69. The minimum absolute atomic E-state index is 0.0155. The number of aliphatic hydroxyl groups excluding tert-OH is 1. The second kappa shape index (κ2) is 4.57. The van der Waals surface area contributed by atoms with Gasteiger partial charge in [0.2, 0.25) is 0 Å². The molecule has 1 aromatic heterocycles. The maximum atomic E-state index is 8.92. The van der Waals surface area contributed by atoms with Crippen molar-refractivity contribution in [2.24, 2.45) is 5.73 Å². The van der Waals surface area contributed by atoms with Crippen molar-refractivity contribution < 1.29 is 5.11 Å². The number of aliphatic hydroxyl groups is 1. The van der Waals surface area contributed by atoms with E-state index in [4.69, 9.17) is 10.8 Å². The highest BCUT2D eigenvalue weighted by atomic mass is 32.1. The molecule has 2 aromatic rings. The average molecular weight is 219 g/mol. The van der Waals surface area contributed by atoms with Gasteiger partial charge in [-0.2, -0.15) is 0 Å². The molecule has 2 nitrogen and oxygen atoms in total. The molecule has 0 spiro atoms. The van der Waals surface area contributed by atoms with Crippen molar-refractivity contribution >= 4 is 11.3 Å². The smallest absolute Gasteiger partial charge is 0.0624 e. The van der Waals surface area contributed by atoms with Crippen molar-refractivity contribution in [2.45, 2.75) is 6.04 Å². The Labute approximate surface area is 93.0 Å². The summed E-state index contributed by atoms with van der Waals surface area (Å²) in [6, 6.07) is 11.9. The van der Waals surface area contributed by atoms with E-state index < -0.39 is 0 Å². The van der Waals surface area contributed by atoms with Crippen LogP contribution in [0, 0.1) is 0 Å². The summed E-state index contributed by atoms with van der Waals surface area (Å²) in [5.74, 6) is 0. The average Bonchev–Trinajstić information content (AvgIpc) is 2.82. The van der Waals surface area contributed by atoms with Gasteiger partial charge in [-0.15, -0.1) is 11.3 Å². The number of hydrogen-bond donors (Lipinski definition) is 2. The SMILES string of the molecule is N[C@H](CO)c1ccc(-c2cccs2)cc1. The van der Waals surface area contributed by atoms with Crippen molar-refractivity contribution in [1.29, 1.82) is 0 Å². The molecule has 15 heavy (non-hydrogen) atoms. The molecule has 0 bridgehead atoms. The van der Waals surface area contributed by atoms with E-state index in [1.54, 1.807) is 11.3 Å². The molecule has 2 rings (SSSR count). The van der Waals surface area contributed by atoms with Crippen molar-refractivity contribution in [1.82, 2.24) is 0 Å². The minimum atomic E-state index is -0.276. The van der Waals surface area contributed by atoms with E-state index in [1.165, 1.54) is 10.4 Å². The molecule has 78 valence electrons. The Kier molecular flexibility index (Phi) is 3.16. The highest BCUT2D eigenvalue weighted by Crippen LogP contribution is 2.25. The van der Waals surface area contributed by atoms with Crippen LogP contribution in [-0.2, 0) is 0 Å². The molecular weight excluding hydrogens is 206 g/mol. The van der Waals surface area contributed by atoms with Gasteiger partial charge in [-0.25, -0.2) is 0 Å². The third-order valence-corrected chi connectivity index (χ3v) is 3.26. The second-order valence-corrected chi connectivity index (χ2v) is 4.34. The van der Waals surface area contributed by atoms with Crippen LogP contribution in [0.5, 0.6) is 0 Å². The molecule has 0 saturated carbocycles. The van der Waals surface area contributed by atoms with Gasteiger partial charge in [0.25, 0.3) is 0 Å². The van der Waals surface area contributed by atoms with Crippen molar-refractivity contribution in [3.63, 3.8) is 0 Å². The van der Waals surface area contributed by atoms with Crippen LogP contribution in [0.15, 0.2) is 41.8 Å². The normalized spacial score (nSPS) is 12.7. The quantitative estimate of drug-likeness (QED) is 0.832. The molecular formula is C12H13NOS. The molecule has 0 saturated heterocycles. The van der Waals surface area contributed by atoms with Crippen molar-refractivity contribution in [3.05, 3.63) is 47.3 Å². The lowest BCUT2D eigenvalue weighted by Gasteiger charge is -2.08. The van der Waals surface area contributed by atoms with E-state index in [1.807, 2.05) is 30.3 Å². The predicted octanol–water partition coefficient (Wildman–Crippen LogP) is 2.41. The Morgan fingerprint density at radius 2 is 1.93 bits per heavy atom. The molecule has 3 heteroatoms. The van der Waals surface area contributed by atoms with Gasteiger partial charge in [0.1, 0.15) is 0 Å². The van der Waals surface area contributed by atoms with E-state index >= 15 is 0 Å². The summed E-state index contributed by atoms with van der Waals surface area (Å²) in [6.45, 7) is -0.0155. The number of hydrogen-bond acceptors (Lipinski definition) is 3. The third-order valence-electron chi connectivity index (χ3n) is 2.34. The molecule has 0 aliphatic heterocycles. The molecule has 0 radical (unpaired) electrons. The Morgan fingerprint density at radius 1 is 1.20 bits per heavy atom. The van der Waals surface area contributed by atoms with Gasteiger partial charge >= 0.3 is 0 Å². The molecule has 0 amide bonds. The first-order chi connectivity index (χ1) is 7.31. The molecule has 0 aliphatic carbocycles. The molecule has 1 atom stereocenters. The monoisotopic (exact) mass is 219 g/mol. The number of thiophene rings is 1. The fourth-order valence-electron chi connectivity index (χ4n) is 1.44. The summed E-state index contributed by atoms with van der Waals surface area (Å²) in [5, 5.41) is 11.0. The van der Waals surface area contributed by atoms with Crippen LogP contribution in [0.3, 0.4) is 0 Å². The van der Waals surface area contributed by atoms with Crippen LogP contribution >= 0.6 is 11.3 Å². The lowest BCUT2D eigenvalue weighted by molar-refractivity contribution is 0.268. The van der Waals surface area contributed by atoms with E-state index in [0.29, 0.717) is 0 Å². The zero-order valence-electron chi connectivity index (χ0n) is 8.26. The molecule has 0 aliphatic rings. The van der Waals surface area contributed by atoms with Crippen LogP contribution in [0.25, 0.3) is 10.4 Å². The number of nitrogens with two attached hydrogens (primary N) is 1. The zero-order valence-corrected chi connectivity index (χ0v) is 9.08. The van der Waals surface area contributed by atoms with E-state index in [9.17, 15) is 0 Å². The van der Waals surface area contributed by atoms with Crippen LogP contribution in [-0.4, -0.2) is 11.7 Å². The molecule has 1 aromatic carbocycles. The summed E-state index contributed by atoms with van der Waals surface area (Å²) in [4.78, 5) is 1.25. The van der Waals surface area contributed by atoms with Gasteiger partial charge in [-0.05, 0) is 22.6 Å². The standard InChI is InChI=1S/C12H13NOS/c13-11(8-14)9-3-5-10(6-4-9)12-2-1-7-15-12/h1-7,11,14H,8,13H2/t11-/m1/s1. The van der Waals surface area contributed by atoms with Gasteiger partial charge in [-0.3, -0.25) is 0 Å². The second-order valence-electron chi connectivity index (χ2n) is 3.39. The van der Waals surface area contributed by atoms with E-state index in [-0.39, 0.29) is 12.6 Å². The van der Waals surface area contributed by atoms with E-state index in [0.717, 1.165) is 5.56 Å². The molecule has 1 heterocycles. The topological polar surface area (TPSA) is 46.2 Å². The summed E-state index contributed by atoms with van der Waals surface area (Å²) in [7, 11) is 0.